The summed E-state index contributed by atoms with van der Waals surface area (Å²) in [5.41, 5.74) is 1.83. The number of nitrogens with one attached hydrogen (secondary N) is 1. The molecule has 0 aliphatic carbocycles. The third-order valence-corrected chi connectivity index (χ3v) is 4.05. The van der Waals surface area contributed by atoms with E-state index in [0.717, 1.165) is 5.56 Å². The van der Waals surface area contributed by atoms with Crippen LogP contribution in [0, 0.1) is 0 Å². The second-order valence-electron chi connectivity index (χ2n) is 6.12. The molecule has 0 aromatic heterocycles. The molecule has 3 aromatic carbocycles. The number of para-hydroxylation sites is 1. The first-order valence-electron chi connectivity index (χ1n) is 9.02. The Morgan fingerprint density at radius 3 is 2.28 bits per heavy atom. The van der Waals surface area contributed by atoms with Gasteiger partial charge in [-0.3, -0.25) is 4.79 Å². The van der Waals surface area contributed by atoms with Crippen molar-refractivity contribution in [2.45, 2.75) is 6.61 Å². The van der Waals surface area contributed by atoms with Crippen molar-refractivity contribution in [2.75, 3.05) is 19.0 Å². The first-order chi connectivity index (χ1) is 14.2. The van der Waals surface area contributed by atoms with Crippen molar-refractivity contribution < 1.29 is 23.8 Å². The van der Waals surface area contributed by atoms with Crippen molar-refractivity contribution in [1.29, 1.82) is 0 Å². The fourth-order valence-corrected chi connectivity index (χ4v) is 2.58. The second kappa shape index (κ2) is 9.94. The Kier molecular flexibility index (Phi) is 6.84. The first kappa shape index (κ1) is 19.9. The monoisotopic (exact) mass is 391 g/mol. The highest BCUT2D eigenvalue weighted by atomic mass is 16.5. The standard InChI is InChI=1S/C23H21NO5/c1-27-19-13-11-18(12-14-19)24-22(25)16-29-23(26)20-9-5-6-10-21(20)28-15-17-7-3-2-4-8-17/h2-14H,15-16H2,1H3,(H,24,25). The number of carbonyl (C=O) groups is 2. The van der Waals surface area contributed by atoms with Crippen molar-refractivity contribution in [1.82, 2.24) is 0 Å². The molecule has 0 atom stereocenters. The van der Waals surface area contributed by atoms with Gasteiger partial charge in [-0.05, 0) is 42.0 Å². The molecule has 29 heavy (non-hydrogen) atoms. The highest BCUT2D eigenvalue weighted by molar-refractivity contribution is 5.96. The van der Waals surface area contributed by atoms with Gasteiger partial charge in [0.15, 0.2) is 6.61 Å². The van der Waals surface area contributed by atoms with Gasteiger partial charge >= 0.3 is 5.97 Å². The van der Waals surface area contributed by atoms with Crippen LogP contribution in [0.15, 0.2) is 78.9 Å². The van der Waals surface area contributed by atoms with E-state index >= 15 is 0 Å². The van der Waals surface area contributed by atoms with Gasteiger partial charge in [-0.1, -0.05) is 42.5 Å². The zero-order valence-corrected chi connectivity index (χ0v) is 16.0. The third-order valence-electron chi connectivity index (χ3n) is 4.05. The van der Waals surface area contributed by atoms with Crippen LogP contribution >= 0.6 is 0 Å². The smallest absolute Gasteiger partial charge is 0.342 e. The molecule has 1 amide bonds. The quantitative estimate of drug-likeness (QED) is 0.586. The number of esters is 1. The molecule has 6 nitrogen and oxygen atoms in total. The number of hydrogen-bond donors (Lipinski definition) is 1. The highest BCUT2D eigenvalue weighted by Gasteiger charge is 2.15. The lowest BCUT2D eigenvalue weighted by Gasteiger charge is -2.11. The number of methoxy groups -OCH3 is 1. The number of carbonyl (C=O) groups excluding carboxylic acids is 2. The molecule has 0 unspecified atom stereocenters. The summed E-state index contributed by atoms with van der Waals surface area (Å²) in [7, 11) is 1.56. The van der Waals surface area contributed by atoms with Crippen molar-refractivity contribution in [3.63, 3.8) is 0 Å². The summed E-state index contributed by atoms with van der Waals surface area (Å²) in [6.45, 7) is -0.0824. The van der Waals surface area contributed by atoms with Gasteiger partial charge in [0.2, 0.25) is 0 Å². The maximum atomic E-state index is 12.4. The average Bonchev–Trinajstić information content (AvgIpc) is 2.77. The number of hydrogen-bond acceptors (Lipinski definition) is 5. The van der Waals surface area contributed by atoms with Gasteiger partial charge in [-0.15, -0.1) is 0 Å². The molecule has 1 N–H and O–H groups in total. The summed E-state index contributed by atoms with van der Waals surface area (Å²) in [5.74, 6) is 0.0168. The Hall–Kier alpha value is -3.80. The molecule has 6 heteroatoms. The van der Waals surface area contributed by atoms with Crippen LogP contribution in [0.2, 0.25) is 0 Å². The summed E-state index contributed by atoms with van der Waals surface area (Å²) in [5, 5.41) is 2.66. The minimum Gasteiger partial charge on any atom is -0.497 e. The fourth-order valence-electron chi connectivity index (χ4n) is 2.58. The summed E-state index contributed by atoms with van der Waals surface area (Å²) < 4.78 is 16.0. The van der Waals surface area contributed by atoms with Crippen LogP contribution < -0.4 is 14.8 Å². The summed E-state index contributed by atoms with van der Waals surface area (Å²) in [6, 6.07) is 23.2. The van der Waals surface area contributed by atoms with Crippen molar-refractivity contribution >= 4 is 17.6 Å². The summed E-state index contributed by atoms with van der Waals surface area (Å²) >= 11 is 0. The molecule has 148 valence electrons. The van der Waals surface area contributed by atoms with Crippen LogP contribution in [0.4, 0.5) is 5.69 Å². The van der Waals surface area contributed by atoms with E-state index in [2.05, 4.69) is 5.32 Å². The lowest BCUT2D eigenvalue weighted by molar-refractivity contribution is -0.119. The molecule has 0 spiro atoms. The molecule has 0 saturated carbocycles. The van der Waals surface area contributed by atoms with E-state index < -0.39 is 18.5 Å². The Labute approximate surface area is 169 Å². The molecule has 0 saturated heterocycles. The van der Waals surface area contributed by atoms with E-state index in [9.17, 15) is 9.59 Å². The molecule has 0 bridgehead atoms. The number of rotatable bonds is 8. The molecule has 0 radical (unpaired) electrons. The molecule has 3 aromatic rings. The average molecular weight is 391 g/mol. The fraction of sp³-hybridized carbons (Fsp3) is 0.130. The zero-order valence-electron chi connectivity index (χ0n) is 16.0. The maximum Gasteiger partial charge on any atom is 0.342 e. The van der Waals surface area contributed by atoms with Crippen LogP contribution in [0.3, 0.4) is 0 Å². The second-order valence-corrected chi connectivity index (χ2v) is 6.12. The molecule has 0 heterocycles. The third kappa shape index (κ3) is 5.84. The van der Waals surface area contributed by atoms with Gasteiger partial charge in [0.25, 0.3) is 5.91 Å². The SMILES string of the molecule is COc1ccc(NC(=O)COC(=O)c2ccccc2OCc2ccccc2)cc1. The normalized spacial score (nSPS) is 10.1. The number of benzene rings is 3. The predicted molar refractivity (Wildman–Crippen MR) is 109 cm³/mol. The van der Waals surface area contributed by atoms with Gasteiger partial charge < -0.3 is 19.5 Å². The Bertz CT molecular complexity index is 955. The van der Waals surface area contributed by atoms with Gasteiger partial charge in [0, 0.05) is 5.69 Å². The van der Waals surface area contributed by atoms with Crippen molar-refractivity contribution in [3.05, 3.63) is 90.0 Å². The zero-order chi connectivity index (χ0) is 20.5. The van der Waals surface area contributed by atoms with Gasteiger partial charge in [0.05, 0.1) is 7.11 Å². The molecular weight excluding hydrogens is 370 g/mol. The van der Waals surface area contributed by atoms with Gasteiger partial charge in [0.1, 0.15) is 23.7 Å². The number of anilines is 1. The van der Waals surface area contributed by atoms with Crippen LogP contribution in [0.5, 0.6) is 11.5 Å². The number of amides is 1. The van der Waals surface area contributed by atoms with E-state index in [4.69, 9.17) is 14.2 Å². The first-order valence-corrected chi connectivity index (χ1v) is 9.02. The maximum absolute atomic E-state index is 12.4. The van der Waals surface area contributed by atoms with Crippen molar-refractivity contribution in [2.24, 2.45) is 0 Å². The largest absolute Gasteiger partial charge is 0.497 e. The Balaban J connectivity index is 1.55. The molecule has 0 aliphatic rings. The van der Waals surface area contributed by atoms with E-state index in [1.807, 2.05) is 30.3 Å². The number of ether oxygens (including phenoxy) is 3. The van der Waals surface area contributed by atoms with Crippen LogP contribution in [0.25, 0.3) is 0 Å². The topological polar surface area (TPSA) is 73.9 Å². The van der Waals surface area contributed by atoms with Gasteiger partial charge in [-0.2, -0.15) is 0 Å². The van der Waals surface area contributed by atoms with Crippen molar-refractivity contribution in [3.8, 4) is 11.5 Å². The molecule has 0 aliphatic heterocycles. The Morgan fingerprint density at radius 2 is 1.55 bits per heavy atom. The molecule has 0 fully saturated rings. The molecule has 3 rings (SSSR count). The lowest BCUT2D eigenvalue weighted by atomic mass is 10.2. The summed E-state index contributed by atoms with van der Waals surface area (Å²) in [4.78, 5) is 24.5. The van der Waals surface area contributed by atoms with E-state index in [1.165, 1.54) is 0 Å². The summed E-state index contributed by atoms with van der Waals surface area (Å²) in [6.07, 6.45) is 0. The minimum atomic E-state index is -0.626. The van der Waals surface area contributed by atoms with Crippen LogP contribution in [-0.2, 0) is 16.1 Å². The minimum absolute atomic E-state index is 0.265. The van der Waals surface area contributed by atoms with Crippen LogP contribution in [0.1, 0.15) is 15.9 Å². The molecular formula is C23H21NO5. The van der Waals surface area contributed by atoms with Crippen LogP contribution in [-0.4, -0.2) is 25.6 Å². The van der Waals surface area contributed by atoms with E-state index in [1.54, 1.807) is 55.6 Å². The van der Waals surface area contributed by atoms with E-state index in [-0.39, 0.29) is 5.56 Å². The lowest BCUT2D eigenvalue weighted by Crippen LogP contribution is -2.21. The Morgan fingerprint density at radius 1 is 0.862 bits per heavy atom. The predicted octanol–water partition coefficient (Wildman–Crippen LogP) is 4.07. The van der Waals surface area contributed by atoms with Gasteiger partial charge in [-0.25, -0.2) is 4.79 Å². The highest BCUT2D eigenvalue weighted by Crippen LogP contribution is 2.20. The van der Waals surface area contributed by atoms with E-state index in [0.29, 0.717) is 23.8 Å².